The van der Waals surface area contributed by atoms with Crippen LogP contribution in [0.15, 0.2) is 24.3 Å². The third-order valence-electron chi connectivity index (χ3n) is 2.42. The van der Waals surface area contributed by atoms with Crippen molar-refractivity contribution < 1.29 is 4.39 Å². The molecule has 2 rings (SSSR count). The summed E-state index contributed by atoms with van der Waals surface area (Å²) in [4.78, 5) is 4.34. The fourth-order valence-corrected chi connectivity index (χ4v) is 1.98. The number of aromatic nitrogens is 3. The first kappa shape index (κ1) is 12.1. The topological polar surface area (TPSA) is 30.7 Å². The summed E-state index contributed by atoms with van der Waals surface area (Å²) < 4.78 is 15.2. The number of halogens is 1. The third-order valence-corrected chi connectivity index (χ3v) is 3.04. The molecule has 0 aliphatic heterocycles. The van der Waals surface area contributed by atoms with Crippen LogP contribution < -0.4 is 0 Å². The molecule has 1 heterocycles. The van der Waals surface area contributed by atoms with Crippen molar-refractivity contribution in [3.63, 3.8) is 0 Å². The standard InChI is InChI=1S/C12H14FN3S/c1-9-14-12(7-8-17-2)15-16(9)11-6-4-3-5-10(11)13/h3-6H,7-8H2,1-2H3. The maximum absolute atomic E-state index is 13.6. The Morgan fingerprint density at radius 1 is 1.35 bits per heavy atom. The Labute approximate surface area is 104 Å². The van der Waals surface area contributed by atoms with E-state index in [1.165, 1.54) is 6.07 Å². The van der Waals surface area contributed by atoms with Gasteiger partial charge in [0.1, 0.15) is 17.3 Å². The third kappa shape index (κ3) is 2.66. The fraction of sp³-hybridized carbons (Fsp3) is 0.333. The summed E-state index contributed by atoms with van der Waals surface area (Å²) in [6.45, 7) is 1.84. The smallest absolute Gasteiger partial charge is 0.152 e. The molecule has 0 saturated carbocycles. The zero-order chi connectivity index (χ0) is 12.3. The molecule has 0 saturated heterocycles. The lowest BCUT2D eigenvalue weighted by molar-refractivity contribution is 0.607. The van der Waals surface area contributed by atoms with Crippen molar-refractivity contribution >= 4 is 11.8 Å². The minimum atomic E-state index is -0.281. The minimum absolute atomic E-state index is 0.281. The second-order valence-electron chi connectivity index (χ2n) is 3.68. The first-order valence-electron chi connectivity index (χ1n) is 5.38. The largest absolute Gasteiger partial charge is 0.216 e. The van der Waals surface area contributed by atoms with Gasteiger partial charge in [0.15, 0.2) is 5.82 Å². The van der Waals surface area contributed by atoms with Crippen molar-refractivity contribution in [2.24, 2.45) is 0 Å². The summed E-state index contributed by atoms with van der Waals surface area (Å²) in [7, 11) is 0. The molecule has 2 aromatic rings. The highest BCUT2D eigenvalue weighted by atomic mass is 32.2. The van der Waals surface area contributed by atoms with Crippen molar-refractivity contribution in [3.8, 4) is 5.69 Å². The average molecular weight is 251 g/mol. The van der Waals surface area contributed by atoms with Crippen molar-refractivity contribution in [3.05, 3.63) is 41.7 Å². The summed E-state index contributed by atoms with van der Waals surface area (Å²) in [5.41, 5.74) is 0.452. The van der Waals surface area contributed by atoms with E-state index >= 15 is 0 Å². The Balaban J connectivity index is 2.33. The summed E-state index contributed by atoms with van der Waals surface area (Å²) in [6.07, 6.45) is 2.85. The SMILES string of the molecule is CSCCc1nc(C)n(-c2ccccc2F)n1. The van der Waals surface area contributed by atoms with Crippen LogP contribution >= 0.6 is 11.8 Å². The van der Waals surface area contributed by atoms with Crippen molar-refractivity contribution in [2.45, 2.75) is 13.3 Å². The lowest BCUT2D eigenvalue weighted by atomic mass is 10.3. The van der Waals surface area contributed by atoms with E-state index in [1.54, 1.807) is 34.6 Å². The first-order valence-corrected chi connectivity index (χ1v) is 6.78. The van der Waals surface area contributed by atoms with E-state index in [1.807, 2.05) is 13.2 Å². The molecule has 5 heteroatoms. The molecule has 0 spiro atoms. The van der Waals surface area contributed by atoms with Crippen molar-refractivity contribution in [1.82, 2.24) is 14.8 Å². The molecule has 0 amide bonds. The monoisotopic (exact) mass is 251 g/mol. The van der Waals surface area contributed by atoms with Crippen LogP contribution in [-0.2, 0) is 6.42 Å². The molecule has 0 N–H and O–H groups in total. The van der Waals surface area contributed by atoms with Gasteiger partial charge in [0.25, 0.3) is 0 Å². The fourth-order valence-electron chi connectivity index (χ4n) is 1.60. The van der Waals surface area contributed by atoms with Crippen LogP contribution in [0, 0.1) is 12.7 Å². The number of hydrogen-bond donors (Lipinski definition) is 0. The minimum Gasteiger partial charge on any atom is -0.216 e. The summed E-state index contributed by atoms with van der Waals surface area (Å²) in [5.74, 6) is 2.17. The molecule has 0 radical (unpaired) electrons. The molecule has 0 fully saturated rings. The number of nitrogens with zero attached hydrogens (tertiary/aromatic N) is 3. The molecule has 17 heavy (non-hydrogen) atoms. The Bertz CT molecular complexity index is 510. The molecule has 3 nitrogen and oxygen atoms in total. The normalized spacial score (nSPS) is 10.8. The second-order valence-corrected chi connectivity index (χ2v) is 4.67. The maximum Gasteiger partial charge on any atom is 0.152 e. The Morgan fingerprint density at radius 2 is 2.12 bits per heavy atom. The van der Waals surface area contributed by atoms with Gasteiger partial charge in [0.2, 0.25) is 0 Å². The predicted octanol–water partition coefficient (Wildman–Crippen LogP) is 2.62. The molecule has 0 unspecified atom stereocenters. The van der Waals surface area contributed by atoms with Gasteiger partial charge in [-0.15, -0.1) is 0 Å². The molecule has 1 aromatic carbocycles. The summed E-state index contributed by atoms with van der Waals surface area (Å²) >= 11 is 1.75. The number of rotatable bonds is 4. The van der Waals surface area contributed by atoms with E-state index in [9.17, 15) is 4.39 Å². The van der Waals surface area contributed by atoms with Crippen LogP contribution in [0.3, 0.4) is 0 Å². The Kier molecular flexibility index (Phi) is 3.78. The highest BCUT2D eigenvalue weighted by Crippen LogP contribution is 2.14. The summed E-state index contributed by atoms with van der Waals surface area (Å²) in [5, 5.41) is 4.33. The van der Waals surface area contributed by atoms with Gasteiger partial charge in [0.05, 0.1) is 0 Å². The van der Waals surface area contributed by atoms with Crippen LogP contribution in [-0.4, -0.2) is 26.8 Å². The van der Waals surface area contributed by atoms with E-state index in [0.717, 1.165) is 18.0 Å². The molecule has 0 aliphatic carbocycles. The molecular weight excluding hydrogens is 237 g/mol. The molecule has 1 aromatic heterocycles. The molecule has 0 atom stereocenters. The highest BCUT2D eigenvalue weighted by Gasteiger charge is 2.10. The zero-order valence-corrected chi connectivity index (χ0v) is 10.7. The van der Waals surface area contributed by atoms with E-state index in [-0.39, 0.29) is 5.82 Å². The van der Waals surface area contributed by atoms with Gasteiger partial charge >= 0.3 is 0 Å². The maximum atomic E-state index is 13.6. The Hall–Kier alpha value is -1.36. The van der Waals surface area contributed by atoms with E-state index in [0.29, 0.717) is 11.5 Å². The number of aryl methyl sites for hydroxylation is 2. The average Bonchev–Trinajstić information content (AvgIpc) is 2.68. The molecular formula is C12H14FN3S. The van der Waals surface area contributed by atoms with Gasteiger partial charge in [-0.3, -0.25) is 0 Å². The van der Waals surface area contributed by atoms with E-state index < -0.39 is 0 Å². The molecule has 0 bridgehead atoms. The first-order chi connectivity index (χ1) is 8.22. The lowest BCUT2D eigenvalue weighted by Crippen LogP contribution is -2.02. The van der Waals surface area contributed by atoms with Crippen LogP contribution in [0.5, 0.6) is 0 Å². The van der Waals surface area contributed by atoms with Gasteiger partial charge in [0, 0.05) is 12.2 Å². The lowest BCUT2D eigenvalue weighted by Gasteiger charge is -2.03. The second kappa shape index (κ2) is 5.31. The van der Waals surface area contributed by atoms with E-state index in [4.69, 9.17) is 0 Å². The Morgan fingerprint density at radius 3 is 2.82 bits per heavy atom. The zero-order valence-electron chi connectivity index (χ0n) is 9.85. The molecule has 90 valence electrons. The number of para-hydroxylation sites is 1. The van der Waals surface area contributed by atoms with Crippen LogP contribution in [0.4, 0.5) is 4.39 Å². The van der Waals surface area contributed by atoms with Crippen LogP contribution in [0.25, 0.3) is 5.69 Å². The van der Waals surface area contributed by atoms with Gasteiger partial charge in [-0.05, 0) is 25.3 Å². The highest BCUT2D eigenvalue weighted by molar-refractivity contribution is 7.98. The van der Waals surface area contributed by atoms with Crippen LogP contribution in [0.2, 0.25) is 0 Å². The number of hydrogen-bond acceptors (Lipinski definition) is 3. The van der Waals surface area contributed by atoms with Gasteiger partial charge < -0.3 is 0 Å². The van der Waals surface area contributed by atoms with Crippen LogP contribution in [0.1, 0.15) is 11.6 Å². The summed E-state index contributed by atoms with van der Waals surface area (Å²) in [6, 6.07) is 6.59. The quantitative estimate of drug-likeness (QED) is 0.837. The predicted molar refractivity (Wildman–Crippen MR) is 68.1 cm³/mol. The van der Waals surface area contributed by atoms with Gasteiger partial charge in [-0.25, -0.2) is 14.1 Å². The van der Waals surface area contributed by atoms with Crippen molar-refractivity contribution in [1.29, 1.82) is 0 Å². The van der Waals surface area contributed by atoms with Gasteiger partial charge in [-0.2, -0.15) is 16.9 Å². The van der Waals surface area contributed by atoms with Crippen molar-refractivity contribution in [2.75, 3.05) is 12.0 Å². The van der Waals surface area contributed by atoms with Gasteiger partial charge in [-0.1, -0.05) is 12.1 Å². The number of benzene rings is 1. The van der Waals surface area contributed by atoms with E-state index in [2.05, 4.69) is 10.1 Å². The number of thioether (sulfide) groups is 1. The molecule has 0 aliphatic rings.